The summed E-state index contributed by atoms with van der Waals surface area (Å²) < 4.78 is 62.8. The van der Waals surface area contributed by atoms with E-state index in [0.717, 1.165) is 24.3 Å². The molecule has 0 aromatic heterocycles. The van der Waals surface area contributed by atoms with Crippen LogP contribution in [0.5, 0.6) is 5.75 Å². The van der Waals surface area contributed by atoms with E-state index in [1.54, 1.807) is 20.8 Å². The molecule has 0 aliphatic carbocycles. The van der Waals surface area contributed by atoms with Crippen molar-refractivity contribution in [2.75, 3.05) is 4.90 Å². The van der Waals surface area contributed by atoms with Crippen molar-refractivity contribution >= 4 is 17.7 Å². The molecule has 2 amide bonds. The second-order valence-corrected chi connectivity index (χ2v) is 8.23. The van der Waals surface area contributed by atoms with Gasteiger partial charge in [0.1, 0.15) is 22.6 Å². The number of ether oxygens (including phenoxy) is 2. The summed E-state index contributed by atoms with van der Waals surface area (Å²) in [5.41, 5.74) is -2.96. The Hall–Kier alpha value is -3.36. The molecule has 1 aliphatic heterocycles. The molecule has 5 nitrogen and oxygen atoms in total. The van der Waals surface area contributed by atoms with E-state index < -0.39 is 40.9 Å². The van der Waals surface area contributed by atoms with Crippen molar-refractivity contribution in [2.24, 2.45) is 0 Å². The van der Waals surface area contributed by atoms with E-state index in [1.807, 2.05) is 0 Å². The Labute approximate surface area is 182 Å². The first-order chi connectivity index (χ1) is 14.8. The van der Waals surface area contributed by atoms with E-state index in [-0.39, 0.29) is 23.2 Å². The Bertz CT molecular complexity index is 1070. The van der Waals surface area contributed by atoms with Crippen molar-refractivity contribution in [3.8, 4) is 5.75 Å². The third-order valence-corrected chi connectivity index (χ3v) is 4.83. The van der Waals surface area contributed by atoms with Crippen molar-refractivity contribution in [2.45, 2.75) is 44.6 Å². The van der Waals surface area contributed by atoms with Crippen molar-refractivity contribution in [1.29, 1.82) is 0 Å². The molecule has 170 valence electrons. The molecule has 0 saturated carbocycles. The largest absolute Gasteiger partial charge is 0.573 e. The Morgan fingerprint density at radius 3 is 2.34 bits per heavy atom. The zero-order chi connectivity index (χ0) is 23.9. The zero-order valence-electron chi connectivity index (χ0n) is 17.6. The van der Waals surface area contributed by atoms with E-state index in [0.29, 0.717) is 4.90 Å². The summed E-state index contributed by atoms with van der Waals surface area (Å²) >= 11 is 0. The number of benzene rings is 2. The summed E-state index contributed by atoms with van der Waals surface area (Å²) in [5, 5.41) is 0. The average molecular weight is 451 g/mol. The van der Waals surface area contributed by atoms with Crippen molar-refractivity contribution < 1.29 is 36.6 Å². The highest BCUT2D eigenvalue weighted by molar-refractivity contribution is 6.22. The second kappa shape index (κ2) is 7.96. The first-order valence-corrected chi connectivity index (χ1v) is 9.64. The number of hydrogen-bond acceptors (Lipinski definition) is 4. The Kier molecular flexibility index (Phi) is 5.80. The molecule has 1 unspecified atom stereocenters. The van der Waals surface area contributed by atoms with Gasteiger partial charge in [-0.15, -0.1) is 19.8 Å². The fourth-order valence-electron chi connectivity index (χ4n) is 3.74. The molecular formula is C23H21F4NO4. The van der Waals surface area contributed by atoms with Gasteiger partial charge in [0, 0.05) is 11.1 Å². The molecule has 0 N–H and O–H groups in total. The van der Waals surface area contributed by atoms with Crippen LogP contribution in [0.3, 0.4) is 0 Å². The van der Waals surface area contributed by atoms with E-state index >= 15 is 0 Å². The molecule has 0 bridgehead atoms. The van der Waals surface area contributed by atoms with E-state index in [4.69, 9.17) is 4.74 Å². The summed E-state index contributed by atoms with van der Waals surface area (Å²) in [6, 6.07) is 8.47. The number of rotatable bonds is 4. The molecule has 1 aliphatic rings. The van der Waals surface area contributed by atoms with Gasteiger partial charge in [-0.1, -0.05) is 24.3 Å². The van der Waals surface area contributed by atoms with Gasteiger partial charge < -0.3 is 9.47 Å². The first kappa shape index (κ1) is 23.3. The third-order valence-electron chi connectivity index (χ3n) is 4.83. The number of hydrogen-bond donors (Lipinski definition) is 0. The fraction of sp³-hybridized carbons (Fsp3) is 0.304. The standard InChI is InChI=1S/C23H21F4NO4/c1-5-12-22(15-8-6-7-9-17(15)24)16-13-14(31-23(25,26)27)10-11-18(16)28(19(22)29)20(30)32-21(2,3)4/h5-11,13H,1,12H2,2-4H3. The number of imide groups is 1. The Balaban J connectivity index is 2.29. The Morgan fingerprint density at radius 1 is 1.12 bits per heavy atom. The molecule has 2 aromatic rings. The molecule has 9 heteroatoms. The topological polar surface area (TPSA) is 55.8 Å². The predicted octanol–water partition coefficient (Wildman–Crippen LogP) is 5.87. The minimum atomic E-state index is -4.99. The third kappa shape index (κ3) is 4.19. The van der Waals surface area contributed by atoms with Crippen LogP contribution in [0.1, 0.15) is 38.3 Å². The van der Waals surface area contributed by atoms with Crippen LogP contribution in [-0.2, 0) is 14.9 Å². The number of amides is 2. The number of anilines is 1. The highest BCUT2D eigenvalue weighted by atomic mass is 19.4. The first-order valence-electron chi connectivity index (χ1n) is 9.64. The lowest BCUT2D eigenvalue weighted by Crippen LogP contribution is -2.46. The van der Waals surface area contributed by atoms with Crippen molar-refractivity contribution in [3.63, 3.8) is 0 Å². The van der Waals surface area contributed by atoms with Crippen LogP contribution in [0.4, 0.5) is 28.0 Å². The molecule has 1 atom stereocenters. The molecule has 0 fully saturated rings. The van der Waals surface area contributed by atoms with Crippen molar-refractivity contribution in [1.82, 2.24) is 0 Å². The highest BCUT2D eigenvalue weighted by Gasteiger charge is 2.55. The minimum Gasteiger partial charge on any atom is -0.443 e. The maximum absolute atomic E-state index is 14.9. The SMILES string of the molecule is C=CCC1(c2ccccc2F)C(=O)N(C(=O)OC(C)(C)C)c2ccc(OC(F)(F)F)cc21. The quantitative estimate of drug-likeness (QED) is 0.431. The minimum absolute atomic E-state index is 0.0242. The predicted molar refractivity (Wildman–Crippen MR) is 109 cm³/mol. The molecule has 2 aromatic carbocycles. The van der Waals surface area contributed by atoms with E-state index in [1.165, 1.54) is 24.3 Å². The molecule has 32 heavy (non-hydrogen) atoms. The van der Waals surface area contributed by atoms with Gasteiger partial charge >= 0.3 is 12.5 Å². The lowest BCUT2D eigenvalue weighted by Gasteiger charge is -2.29. The van der Waals surface area contributed by atoms with Gasteiger partial charge in [0.25, 0.3) is 5.91 Å². The highest BCUT2D eigenvalue weighted by Crippen LogP contribution is 2.51. The molecule has 1 heterocycles. The Morgan fingerprint density at radius 2 is 1.78 bits per heavy atom. The van der Waals surface area contributed by atoms with Crippen LogP contribution >= 0.6 is 0 Å². The average Bonchev–Trinajstić information content (AvgIpc) is 2.88. The van der Waals surface area contributed by atoms with Gasteiger partial charge in [-0.05, 0) is 51.5 Å². The maximum atomic E-state index is 14.9. The molecule has 0 saturated heterocycles. The van der Waals surface area contributed by atoms with Gasteiger partial charge in [0.15, 0.2) is 0 Å². The van der Waals surface area contributed by atoms with Crippen LogP contribution in [-0.4, -0.2) is 24.0 Å². The molecular weight excluding hydrogens is 430 g/mol. The number of nitrogens with zero attached hydrogens (tertiary/aromatic N) is 1. The van der Waals surface area contributed by atoms with Gasteiger partial charge in [-0.25, -0.2) is 14.1 Å². The summed E-state index contributed by atoms with van der Waals surface area (Å²) in [7, 11) is 0. The summed E-state index contributed by atoms with van der Waals surface area (Å²) in [6.07, 6.45) is -4.87. The van der Waals surface area contributed by atoms with Crippen LogP contribution in [0.25, 0.3) is 0 Å². The van der Waals surface area contributed by atoms with Crippen LogP contribution in [0.2, 0.25) is 0 Å². The smallest absolute Gasteiger partial charge is 0.443 e. The lowest BCUT2D eigenvalue weighted by atomic mass is 9.72. The van der Waals surface area contributed by atoms with Crippen LogP contribution in [0, 0.1) is 5.82 Å². The lowest BCUT2D eigenvalue weighted by molar-refractivity contribution is -0.274. The van der Waals surface area contributed by atoms with Gasteiger partial charge in [-0.2, -0.15) is 0 Å². The van der Waals surface area contributed by atoms with Crippen molar-refractivity contribution in [3.05, 3.63) is 72.1 Å². The fourth-order valence-corrected chi connectivity index (χ4v) is 3.74. The monoisotopic (exact) mass is 451 g/mol. The number of halogens is 4. The number of allylic oxidation sites excluding steroid dienone is 1. The van der Waals surface area contributed by atoms with Crippen LogP contribution in [0.15, 0.2) is 55.1 Å². The second-order valence-electron chi connectivity index (χ2n) is 8.23. The summed E-state index contributed by atoms with van der Waals surface area (Å²) in [6.45, 7) is 8.42. The molecule has 3 rings (SSSR count). The number of carbonyl (C=O) groups excluding carboxylic acids is 2. The number of carbonyl (C=O) groups is 2. The van der Waals surface area contributed by atoms with Gasteiger partial charge in [0.2, 0.25) is 0 Å². The van der Waals surface area contributed by atoms with Crippen LogP contribution < -0.4 is 9.64 Å². The zero-order valence-corrected chi connectivity index (χ0v) is 17.6. The summed E-state index contributed by atoms with van der Waals surface area (Å²) in [5.74, 6) is -2.24. The maximum Gasteiger partial charge on any atom is 0.573 e. The molecule has 0 spiro atoms. The van der Waals surface area contributed by atoms with Gasteiger partial charge in [0.05, 0.1) is 5.69 Å². The van der Waals surface area contributed by atoms with Gasteiger partial charge in [-0.3, -0.25) is 4.79 Å². The number of alkyl halides is 3. The summed E-state index contributed by atoms with van der Waals surface area (Å²) in [4.78, 5) is 27.3. The number of fused-ring (bicyclic) bond motifs is 1. The normalized spacial score (nSPS) is 18.3. The van der Waals surface area contributed by atoms with E-state index in [9.17, 15) is 27.2 Å². The molecule has 0 radical (unpaired) electrons. The van der Waals surface area contributed by atoms with E-state index in [2.05, 4.69) is 11.3 Å².